The normalized spacial score (nSPS) is 10.4. The molecule has 0 saturated heterocycles. The molecule has 0 aliphatic carbocycles. The molecule has 4 heteroatoms. The molecule has 0 aliphatic rings. The van der Waals surface area contributed by atoms with Crippen LogP contribution >= 0.6 is 27.5 Å². The molecule has 0 N–H and O–H groups in total. The first kappa shape index (κ1) is 14.3. The van der Waals surface area contributed by atoms with E-state index >= 15 is 0 Å². The van der Waals surface area contributed by atoms with Gasteiger partial charge in [-0.3, -0.25) is 0 Å². The number of benzene rings is 1. The fraction of sp³-hybridized carbons (Fsp3) is 0.462. The first-order valence-corrected chi connectivity index (χ1v) is 6.91. The van der Waals surface area contributed by atoms with Crippen LogP contribution in [0.2, 0.25) is 0 Å². The lowest BCUT2D eigenvalue weighted by Gasteiger charge is -2.30. The van der Waals surface area contributed by atoms with E-state index in [2.05, 4.69) is 46.8 Å². The molecule has 0 amide bonds. The van der Waals surface area contributed by atoms with Crippen molar-refractivity contribution in [3.8, 4) is 6.07 Å². The molecule has 2 nitrogen and oxygen atoms in total. The molecule has 1 rings (SSSR count). The van der Waals surface area contributed by atoms with Gasteiger partial charge in [-0.25, -0.2) is 0 Å². The van der Waals surface area contributed by atoms with Crippen LogP contribution in [0.4, 0.5) is 5.69 Å². The Labute approximate surface area is 116 Å². The van der Waals surface area contributed by atoms with Gasteiger partial charge in [-0.2, -0.15) is 5.26 Å². The first-order valence-electron chi connectivity index (χ1n) is 5.58. The van der Waals surface area contributed by atoms with Crippen LogP contribution in [0.5, 0.6) is 0 Å². The highest BCUT2D eigenvalue weighted by molar-refractivity contribution is 9.10. The lowest BCUT2D eigenvalue weighted by Crippen LogP contribution is -2.32. The van der Waals surface area contributed by atoms with Crippen LogP contribution in [0.3, 0.4) is 0 Å². The van der Waals surface area contributed by atoms with Crippen molar-refractivity contribution in [1.29, 1.82) is 5.26 Å². The largest absolute Gasteiger partial charge is 0.368 e. The van der Waals surface area contributed by atoms with Gasteiger partial charge < -0.3 is 4.90 Å². The summed E-state index contributed by atoms with van der Waals surface area (Å²) in [4.78, 5) is 2.22. The number of hydrogen-bond donors (Lipinski definition) is 0. The van der Waals surface area contributed by atoms with Gasteiger partial charge in [0.25, 0.3) is 0 Å². The van der Waals surface area contributed by atoms with Crippen molar-refractivity contribution >= 4 is 33.2 Å². The molecule has 92 valence electrons. The quantitative estimate of drug-likeness (QED) is 0.757. The number of nitriles is 1. The Morgan fingerprint density at radius 2 is 2.18 bits per heavy atom. The van der Waals surface area contributed by atoms with Gasteiger partial charge in [0.2, 0.25) is 0 Å². The van der Waals surface area contributed by atoms with E-state index in [0.29, 0.717) is 18.3 Å². The van der Waals surface area contributed by atoms with Gasteiger partial charge in [0, 0.05) is 28.6 Å². The molecule has 0 spiro atoms. The monoisotopic (exact) mass is 314 g/mol. The van der Waals surface area contributed by atoms with Crippen molar-refractivity contribution in [1.82, 2.24) is 0 Å². The fourth-order valence-electron chi connectivity index (χ4n) is 1.77. The lowest BCUT2D eigenvalue weighted by molar-refractivity contribution is 0.684. The summed E-state index contributed by atoms with van der Waals surface area (Å²) in [7, 11) is 0. The molecule has 0 heterocycles. The number of alkyl halides is 1. The zero-order chi connectivity index (χ0) is 12.8. The Bertz CT molecular complexity index is 412. The van der Waals surface area contributed by atoms with Crippen molar-refractivity contribution in [2.75, 3.05) is 11.4 Å². The maximum atomic E-state index is 8.70. The van der Waals surface area contributed by atoms with Crippen LogP contribution < -0.4 is 4.90 Å². The van der Waals surface area contributed by atoms with Gasteiger partial charge in [-0.15, -0.1) is 11.6 Å². The summed E-state index contributed by atoms with van der Waals surface area (Å²) >= 11 is 9.42. The molecule has 0 fully saturated rings. The minimum Gasteiger partial charge on any atom is -0.368 e. The van der Waals surface area contributed by atoms with Crippen LogP contribution in [0.15, 0.2) is 22.7 Å². The van der Waals surface area contributed by atoms with Crippen molar-refractivity contribution in [2.45, 2.75) is 32.2 Å². The summed E-state index contributed by atoms with van der Waals surface area (Å²) < 4.78 is 1.03. The first-order chi connectivity index (χ1) is 8.10. The van der Waals surface area contributed by atoms with E-state index in [9.17, 15) is 0 Å². The molecule has 0 bridgehead atoms. The number of rotatable bonds is 5. The zero-order valence-electron chi connectivity index (χ0n) is 10.1. The third-order valence-corrected chi connectivity index (χ3v) is 3.36. The van der Waals surface area contributed by atoms with Crippen LogP contribution in [0.1, 0.15) is 25.8 Å². The number of halogens is 2. The average molecular weight is 316 g/mol. The molecule has 0 radical (unpaired) electrons. The third kappa shape index (κ3) is 3.90. The van der Waals surface area contributed by atoms with Crippen molar-refractivity contribution < 1.29 is 0 Å². The molecule has 0 aliphatic heterocycles. The molecule has 0 saturated carbocycles. The van der Waals surface area contributed by atoms with E-state index in [1.807, 2.05) is 12.1 Å². The lowest BCUT2D eigenvalue weighted by atomic mass is 10.1. The van der Waals surface area contributed by atoms with E-state index in [0.717, 1.165) is 22.3 Å². The van der Waals surface area contributed by atoms with Crippen LogP contribution in [0.25, 0.3) is 0 Å². The number of nitrogens with zero attached hydrogens (tertiary/aromatic N) is 2. The van der Waals surface area contributed by atoms with Crippen LogP contribution in [-0.2, 0) is 5.88 Å². The summed E-state index contributed by atoms with van der Waals surface area (Å²) in [6.07, 6.45) is 0.524. The summed E-state index contributed by atoms with van der Waals surface area (Å²) in [6.45, 7) is 4.98. The van der Waals surface area contributed by atoms with Crippen molar-refractivity contribution in [2.24, 2.45) is 0 Å². The maximum absolute atomic E-state index is 8.70. The zero-order valence-corrected chi connectivity index (χ0v) is 12.4. The van der Waals surface area contributed by atoms with Crippen LogP contribution in [0, 0.1) is 11.3 Å². The summed E-state index contributed by atoms with van der Waals surface area (Å²) in [5, 5.41) is 8.70. The Kier molecular flexibility index (Phi) is 5.80. The van der Waals surface area contributed by atoms with Gasteiger partial charge >= 0.3 is 0 Å². The van der Waals surface area contributed by atoms with Gasteiger partial charge in [0.05, 0.1) is 12.5 Å². The van der Waals surface area contributed by atoms with Gasteiger partial charge in [0.15, 0.2) is 0 Å². The topological polar surface area (TPSA) is 27.0 Å². The third-order valence-electron chi connectivity index (χ3n) is 2.58. The van der Waals surface area contributed by atoms with E-state index < -0.39 is 0 Å². The predicted molar refractivity (Wildman–Crippen MR) is 76.4 cm³/mol. The second kappa shape index (κ2) is 6.88. The van der Waals surface area contributed by atoms with Crippen molar-refractivity contribution in [3.05, 3.63) is 28.2 Å². The molecule has 1 aromatic carbocycles. The molecule has 0 atom stereocenters. The smallest absolute Gasteiger partial charge is 0.0640 e. The maximum Gasteiger partial charge on any atom is 0.0640 e. The highest BCUT2D eigenvalue weighted by Crippen LogP contribution is 2.27. The Hall–Kier alpha value is -0.720. The Morgan fingerprint density at radius 1 is 1.47 bits per heavy atom. The van der Waals surface area contributed by atoms with E-state index in [-0.39, 0.29) is 0 Å². The molecule has 0 unspecified atom stereocenters. The van der Waals surface area contributed by atoms with E-state index in [1.165, 1.54) is 0 Å². The van der Waals surface area contributed by atoms with E-state index in [4.69, 9.17) is 16.9 Å². The average Bonchev–Trinajstić information content (AvgIpc) is 2.30. The minimum atomic E-state index is 0.353. The highest BCUT2D eigenvalue weighted by Gasteiger charge is 2.14. The second-order valence-corrected chi connectivity index (χ2v) is 5.28. The molecular weight excluding hydrogens is 300 g/mol. The standard InChI is InChI=1S/C13H16BrClN2/c1-10(2)17(7-3-6-16)13-5-4-12(14)8-11(13)9-15/h4-5,8,10H,3,7,9H2,1-2H3. The Morgan fingerprint density at radius 3 is 2.71 bits per heavy atom. The fourth-order valence-corrected chi connectivity index (χ4v) is 2.39. The number of anilines is 1. The second-order valence-electron chi connectivity index (χ2n) is 4.10. The molecule has 17 heavy (non-hydrogen) atoms. The van der Waals surface area contributed by atoms with Gasteiger partial charge in [-0.1, -0.05) is 15.9 Å². The minimum absolute atomic E-state index is 0.353. The van der Waals surface area contributed by atoms with E-state index in [1.54, 1.807) is 0 Å². The Balaban J connectivity index is 3.05. The van der Waals surface area contributed by atoms with Gasteiger partial charge in [-0.05, 0) is 37.6 Å². The van der Waals surface area contributed by atoms with Crippen molar-refractivity contribution in [3.63, 3.8) is 0 Å². The molecular formula is C13H16BrClN2. The molecule has 0 aromatic heterocycles. The summed E-state index contributed by atoms with van der Waals surface area (Å²) in [5.74, 6) is 0.477. The van der Waals surface area contributed by atoms with Gasteiger partial charge in [0.1, 0.15) is 0 Å². The number of hydrogen-bond acceptors (Lipinski definition) is 2. The summed E-state index contributed by atoms with van der Waals surface area (Å²) in [5.41, 5.74) is 2.21. The highest BCUT2D eigenvalue weighted by atomic mass is 79.9. The SMILES string of the molecule is CC(C)N(CCC#N)c1ccc(Br)cc1CCl. The van der Waals surface area contributed by atoms with Crippen LogP contribution in [-0.4, -0.2) is 12.6 Å². The predicted octanol–water partition coefficient (Wildman–Crippen LogP) is 4.32. The summed E-state index contributed by atoms with van der Waals surface area (Å²) in [6, 6.07) is 8.63. The molecule has 1 aromatic rings.